The van der Waals surface area contributed by atoms with Gasteiger partial charge in [-0.25, -0.2) is 4.98 Å². The average Bonchev–Trinajstić information content (AvgIpc) is 3.09. The predicted octanol–water partition coefficient (Wildman–Crippen LogP) is 3.39. The van der Waals surface area contributed by atoms with Gasteiger partial charge in [0.2, 0.25) is 5.95 Å². The van der Waals surface area contributed by atoms with Gasteiger partial charge in [-0.1, -0.05) is 0 Å². The van der Waals surface area contributed by atoms with E-state index < -0.39 is 0 Å². The fourth-order valence-electron chi connectivity index (χ4n) is 2.45. The minimum absolute atomic E-state index is 0.143. The van der Waals surface area contributed by atoms with Gasteiger partial charge >= 0.3 is 0 Å². The quantitative estimate of drug-likeness (QED) is 0.831. The van der Waals surface area contributed by atoms with Crippen molar-refractivity contribution in [1.82, 2.24) is 19.7 Å². The van der Waals surface area contributed by atoms with Crippen molar-refractivity contribution in [3.05, 3.63) is 22.6 Å². The number of rotatable bonds is 5. The Morgan fingerprint density at radius 2 is 2.35 bits per heavy atom. The van der Waals surface area contributed by atoms with E-state index in [1.807, 2.05) is 31.6 Å². The number of nitrogens with zero attached hydrogens (tertiary/aromatic N) is 5. The highest BCUT2D eigenvalue weighted by Crippen LogP contribution is 2.55. The Kier molecular flexibility index (Phi) is 3.98. The van der Waals surface area contributed by atoms with E-state index in [2.05, 4.69) is 47.7 Å². The Balaban J connectivity index is 1.80. The van der Waals surface area contributed by atoms with E-state index in [0.717, 1.165) is 34.6 Å². The van der Waals surface area contributed by atoms with Crippen LogP contribution in [-0.2, 0) is 0 Å². The average molecular weight is 376 g/mol. The lowest BCUT2D eigenvalue weighted by molar-refractivity contribution is 0.550. The van der Waals surface area contributed by atoms with Gasteiger partial charge in [-0.15, -0.1) is 0 Å². The third kappa shape index (κ3) is 3.01. The molecule has 1 aliphatic carbocycles. The number of halogens is 1. The van der Waals surface area contributed by atoms with Crippen LogP contribution in [0.2, 0.25) is 0 Å². The van der Waals surface area contributed by atoms with Crippen molar-refractivity contribution in [3.8, 4) is 6.07 Å². The highest BCUT2D eigenvalue weighted by molar-refractivity contribution is 9.10. The number of hydrogen-bond acceptors (Lipinski definition) is 6. The molecule has 0 radical (unpaired) electrons. The van der Waals surface area contributed by atoms with E-state index in [1.165, 1.54) is 0 Å². The zero-order chi connectivity index (χ0) is 16.6. The van der Waals surface area contributed by atoms with Gasteiger partial charge in [0.25, 0.3) is 0 Å². The summed E-state index contributed by atoms with van der Waals surface area (Å²) < 4.78 is 2.69. The lowest BCUT2D eigenvalue weighted by Gasteiger charge is -2.08. The molecule has 0 spiro atoms. The van der Waals surface area contributed by atoms with Gasteiger partial charge in [0.15, 0.2) is 0 Å². The largest absolute Gasteiger partial charge is 0.369 e. The van der Waals surface area contributed by atoms with Crippen LogP contribution in [0.1, 0.15) is 32.0 Å². The molecule has 0 bridgehead atoms. The zero-order valence-corrected chi connectivity index (χ0v) is 14.8. The highest BCUT2D eigenvalue weighted by Gasteiger charge is 2.53. The molecule has 2 N–H and O–H groups in total. The van der Waals surface area contributed by atoms with Gasteiger partial charge in [-0.3, -0.25) is 4.68 Å². The van der Waals surface area contributed by atoms with Crippen LogP contribution < -0.4 is 10.6 Å². The number of aromatic nitrogens is 4. The van der Waals surface area contributed by atoms with Crippen molar-refractivity contribution in [2.24, 2.45) is 5.41 Å². The molecule has 7 nitrogen and oxygen atoms in total. The maximum Gasteiger partial charge on any atom is 0.229 e. The second kappa shape index (κ2) is 5.81. The number of aryl methyl sites for hydroxylation is 1. The maximum atomic E-state index is 9.18. The Morgan fingerprint density at radius 3 is 3.00 bits per heavy atom. The molecular formula is C15H18BrN7. The summed E-state index contributed by atoms with van der Waals surface area (Å²) in [6.07, 6.45) is 4.46. The number of nitriles is 1. The fraction of sp³-hybridized carbons (Fsp3) is 0.467. The number of nitrogens with one attached hydrogen (secondary N) is 2. The van der Waals surface area contributed by atoms with Crippen molar-refractivity contribution in [3.63, 3.8) is 0 Å². The Bertz CT molecular complexity index is 779. The summed E-state index contributed by atoms with van der Waals surface area (Å²) in [6.45, 7) is 6.68. The van der Waals surface area contributed by atoms with Crippen molar-refractivity contribution < 1.29 is 0 Å². The summed E-state index contributed by atoms with van der Waals surface area (Å²) in [7, 11) is 0. The molecule has 1 unspecified atom stereocenters. The number of anilines is 3. The van der Waals surface area contributed by atoms with E-state index in [0.29, 0.717) is 5.95 Å². The Hall–Kier alpha value is -2.14. The van der Waals surface area contributed by atoms with E-state index in [-0.39, 0.29) is 11.5 Å². The second-order valence-corrected chi connectivity index (χ2v) is 6.76. The first-order valence-corrected chi connectivity index (χ1v) is 8.26. The van der Waals surface area contributed by atoms with Crippen molar-refractivity contribution in [1.29, 1.82) is 5.26 Å². The zero-order valence-electron chi connectivity index (χ0n) is 13.3. The highest BCUT2D eigenvalue weighted by atomic mass is 79.9. The summed E-state index contributed by atoms with van der Waals surface area (Å²) in [5, 5.41) is 20.1. The van der Waals surface area contributed by atoms with Gasteiger partial charge in [-0.05, 0) is 43.1 Å². The summed E-state index contributed by atoms with van der Waals surface area (Å²) >= 11 is 3.42. The van der Waals surface area contributed by atoms with Crippen molar-refractivity contribution in [2.45, 2.75) is 33.2 Å². The van der Waals surface area contributed by atoms with E-state index in [1.54, 1.807) is 6.20 Å². The molecule has 1 saturated carbocycles. The molecule has 0 amide bonds. The molecule has 23 heavy (non-hydrogen) atoms. The van der Waals surface area contributed by atoms with Gasteiger partial charge < -0.3 is 10.6 Å². The minimum atomic E-state index is -0.304. The Morgan fingerprint density at radius 1 is 1.57 bits per heavy atom. The molecule has 1 aliphatic rings. The van der Waals surface area contributed by atoms with Crippen LogP contribution in [0.3, 0.4) is 0 Å². The molecule has 2 heterocycles. The second-order valence-electron chi connectivity index (χ2n) is 5.90. The molecule has 0 aliphatic heterocycles. The van der Waals surface area contributed by atoms with Crippen LogP contribution in [0, 0.1) is 23.7 Å². The van der Waals surface area contributed by atoms with Crippen LogP contribution in [-0.4, -0.2) is 26.3 Å². The summed E-state index contributed by atoms with van der Waals surface area (Å²) in [4.78, 5) is 8.72. The van der Waals surface area contributed by atoms with E-state index in [9.17, 15) is 5.26 Å². The van der Waals surface area contributed by atoms with Gasteiger partial charge in [-0.2, -0.15) is 15.3 Å². The molecule has 3 rings (SSSR count). The van der Waals surface area contributed by atoms with Crippen LogP contribution in [0.4, 0.5) is 17.5 Å². The molecule has 2 aromatic rings. The third-order valence-corrected chi connectivity index (χ3v) is 4.60. The van der Waals surface area contributed by atoms with Gasteiger partial charge in [0.1, 0.15) is 5.82 Å². The molecule has 2 atom stereocenters. The molecule has 120 valence electrons. The molecule has 8 heteroatoms. The van der Waals surface area contributed by atoms with Crippen LogP contribution in [0.25, 0.3) is 0 Å². The first-order chi connectivity index (χ1) is 11.0. The van der Waals surface area contributed by atoms with E-state index in [4.69, 9.17) is 0 Å². The predicted molar refractivity (Wildman–Crippen MR) is 91.5 cm³/mol. The van der Waals surface area contributed by atoms with Crippen LogP contribution >= 0.6 is 15.9 Å². The minimum Gasteiger partial charge on any atom is -0.369 e. The van der Waals surface area contributed by atoms with Gasteiger partial charge in [0.05, 0.1) is 33.4 Å². The SMILES string of the molecule is CCNc1nc(Nc2cn([C@H]3CC3(C)C#N)nc2C)ncc1Br. The molecule has 0 aromatic carbocycles. The fourth-order valence-corrected chi connectivity index (χ4v) is 2.78. The summed E-state index contributed by atoms with van der Waals surface area (Å²) in [5.74, 6) is 1.25. The standard InChI is InChI=1S/C15H18BrN7/c1-4-18-13-10(16)6-19-14(21-13)20-11-7-23(22-9(11)2)12-5-15(12,3)8-17/h6-7,12H,4-5H2,1-3H3,(H2,18,19,20,21)/t12-,15?/m0/s1. The summed E-state index contributed by atoms with van der Waals surface area (Å²) in [5.41, 5.74) is 1.40. The smallest absolute Gasteiger partial charge is 0.229 e. The molecule has 1 fully saturated rings. The van der Waals surface area contributed by atoms with Crippen molar-refractivity contribution in [2.75, 3.05) is 17.2 Å². The first kappa shape index (κ1) is 15.7. The molecule has 2 aromatic heterocycles. The first-order valence-electron chi connectivity index (χ1n) is 7.47. The molecule has 0 saturated heterocycles. The monoisotopic (exact) mass is 375 g/mol. The lowest BCUT2D eigenvalue weighted by Crippen LogP contribution is -2.04. The molecular weight excluding hydrogens is 358 g/mol. The third-order valence-electron chi connectivity index (χ3n) is 4.02. The van der Waals surface area contributed by atoms with Crippen LogP contribution in [0.15, 0.2) is 16.9 Å². The maximum absolute atomic E-state index is 9.18. The topological polar surface area (TPSA) is 91.5 Å². The van der Waals surface area contributed by atoms with Crippen LogP contribution in [0.5, 0.6) is 0 Å². The van der Waals surface area contributed by atoms with Gasteiger partial charge in [0, 0.05) is 18.9 Å². The number of hydrogen-bond donors (Lipinski definition) is 2. The lowest BCUT2D eigenvalue weighted by atomic mass is 10.2. The summed E-state index contributed by atoms with van der Waals surface area (Å²) in [6, 6.07) is 2.49. The normalized spacial score (nSPS) is 22.5. The van der Waals surface area contributed by atoms with Crippen molar-refractivity contribution >= 4 is 33.4 Å². The van der Waals surface area contributed by atoms with E-state index >= 15 is 0 Å². The Labute approximate surface area is 143 Å².